The average molecular weight is 215 g/mol. The Labute approximate surface area is 77.1 Å². The van der Waals surface area contributed by atoms with Crippen molar-refractivity contribution in [2.75, 3.05) is 0 Å². The van der Waals surface area contributed by atoms with Gasteiger partial charge in [0.05, 0.1) is 0 Å². The van der Waals surface area contributed by atoms with E-state index in [1.54, 1.807) is 4.42 Å². The van der Waals surface area contributed by atoms with Gasteiger partial charge in [-0.05, 0) is 0 Å². The summed E-state index contributed by atoms with van der Waals surface area (Å²) in [4.78, 5) is 0. The van der Waals surface area contributed by atoms with Crippen LogP contribution in [0.5, 0.6) is 0 Å². The average Bonchev–Trinajstić information content (AvgIpc) is 2.36. The van der Waals surface area contributed by atoms with Gasteiger partial charge in [0.1, 0.15) is 0 Å². The topological polar surface area (TPSA) is 0 Å². The maximum absolute atomic E-state index is 3.32. The van der Waals surface area contributed by atoms with E-state index < -0.39 is 0 Å². The van der Waals surface area contributed by atoms with Crippen LogP contribution in [0.2, 0.25) is 0 Å². The summed E-state index contributed by atoms with van der Waals surface area (Å²) in [6.45, 7) is 7.22. The van der Waals surface area contributed by atoms with Gasteiger partial charge in [-0.15, -0.1) is 0 Å². The SMILES string of the molecule is CC12CCC(C1)C(C)(C)C2=[Se]. The van der Waals surface area contributed by atoms with Crippen LogP contribution in [0.15, 0.2) is 0 Å². The fraction of sp³-hybridized carbons (Fsp3) is 0.900. The Hall–Kier alpha value is 0.389. The first-order valence-corrected chi connectivity index (χ1v) is 5.37. The van der Waals surface area contributed by atoms with Gasteiger partial charge in [0.15, 0.2) is 0 Å². The van der Waals surface area contributed by atoms with Crippen LogP contribution in [0.4, 0.5) is 0 Å². The normalized spacial score (nSPS) is 46.8. The molecule has 2 unspecified atom stereocenters. The molecule has 2 fully saturated rings. The van der Waals surface area contributed by atoms with Crippen LogP contribution in [0.3, 0.4) is 0 Å². The first-order chi connectivity index (χ1) is 4.97. The molecule has 0 aromatic heterocycles. The van der Waals surface area contributed by atoms with Gasteiger partial charge in [-0.25, -0.2) is 0 Å². The van der Waals surface area contributed by atoms with Crippen LogP contribution >= 0.6 is 0 Å². The molecule has 2 rings (SSSR count). The Morgan fingerprint density at radius 3 is 2.27 bits per heavy atom. The summed E-state index contributed by atoms with van der Waals surface area (Å²) < 4.78 is 1.64. The minimum absolute atomic E-state index is 0.493. The monoisotopic (exact) mass is 216 g/mol. The molecule has 2 aliphatic rings. The molecule has 11 heavy (non-hydrogen) atoms. The van der Waals surface area contributed by atoms with E-state index in [4.69, 9.17) is 0 Å². The summed E-state index contributed by atoms with van der Waals surface area (Å²) in [5.74, 6) is 0.962. The van der Waals surface area contributed by atoms with E-state index in [2.05, 4.69) is 36.3 Å². The van der Waals surface area contributed by atoms with Crippen molar-refractivity contribution in [3.63, 3.8) is 0 Å². The molecule has 2 bridgehead atoms. The Balaban J connectivity index is 2.42. The summed E-state index contributed by atoms with van der Waals surface area (Å²) >= 11 is 3.32. The van der Waals surface area contributed by atoms with Gasteiger partial charge < -0.3 is 0 Å². The van der Waals surface area contributed by atoms with Crippen molar-refractivity contribution in [1.82, 2.24) is 0 Å². The molecule has 0 aliphatic heterocycles. The molecular weight excluding hydrogens is 199 g/mol. The molecule has 0 N–H and O–H groups in total. The van der Waals surface area contributed by atoms with Crippen LogP contribution in [0, 0.1) is 16.7 Å². The van der Waals surface area contributed by atoms with E-state index in [0.29, 0.717) is 10.8 Å². The van der Waals surface area contributed by atoms with E-state index in [1.165, 1.54) is 19.3 Å². The Kier molecular flexibility index (Phi) is 1.46. The standard InChI is InChI=1S/C10H16Se/c1-9(2)7-4-5-10(3,6-7)8(9)11/h7H,4-6H2,1-3H3. The molecule has 0 spiro atoms. The molecule has 2 saturated carbocycles. The summed E-state index contributed by atoms with van der Waals surface area (Å²) in [6.07, 6.45) is 4.31. The second-order valence-electron chi connectivity index (χ2n) is 5.05. The third-order valence-corrected chi connectivity index (χ3v) is 6.03. The van der Waals surface area contributed by atoms with E-state index >= 15 is 0 Å². The van der Waals surface area contributed by atoms with Gasteiger partial charge in [0.2, 0.25) is 0 Å². The molecule has 0 saturated heterocycles. The Morgan fingerprint density at radius 2 is 2.00 bits per heavy atom. The quantitative estimate of drug-likeness (QED) is 0.543. The van der Waals surface area contributed by atoms with Crippen molar-refractivity contribution in [2.24, 2.45) is 16.7 Å². The minimum atomic E-state index is 0.493. The molecule has 0 aromatic carbocycles. The molecule has 0 radical (unpaired) electrons. The van der Waals surface area contributed by atoms with Crippen molar-refractivity contribution in [3.8, 4) is 0 Å². The fourth-order valence-electron chi connectivity index (χ4n) is 3.03. The van der Waals surface area contributed by atoms with Crippen molar-refractivity contribution >= 4 is 20.0 Å². The summed E-state index contributed by atoms with van der Waals surface area (Å²) in [6, 6.07) is 0. The number of hydrogen-bond acceptors (Lipinski definition) is 0. The van der Waals surface area contributed by atoms with Gasteiger partial charge in [0, 0.05) is 0 Å². The number of fused-ring (bicyclic) bond motifs is 2. The van der Waals surface area contributed by atoms with E-state index in [9.17, 15) is 0 Å². The van der Waals surface area contributed by atoms with Crippen LogP contribution in [-0.4, -0.2) is 20.0 Å². The maximum atomic E-state index is 3.32. The summed E-state index contributed by atoms with van der Waals surface area (Å²) in [5.41, 5.74) is 1.06. The second kappa shape index (κ2) is 2.00. The van der Waals surface area contributed by atoms with Gasteiger partial charge in [-0.3, -0.25) is 0 Å². The molecular formula is C10H16Se. The first kappa shape index (κ1) is 8.01. The predicted octanol–water partition coefficient (Wildman–Crippen LogP) is 2.17. The fourth-order valence-corrected chi connectivity index (χ4v) is 3.76. The third-order valence-electron chi connectivity index (χ3n) is 3.90. The van der Waals surface area contributed by atoms with Crippen molar-refractivity contribution in [2.45, 2.75) is 40.0 Å². The molecule has 1 heteroatoms. The van der Waals surface area contributed by atoms with Gasteiger partial charge in [-0.2, -0.15) is 0 Å². The summed E-state index contributed by atoms with van der Waals surface area (Å²) in [5, 5.41) is 0. The van der Waals surface area contributed by atoms with Crippen LogP contribution in [-0.2, 0) is 0 Å². The Morgan fingerprint density at radius 1 is 1.36 bits per heavy atom. The van der Waals surface area contributed by atoms with E-state index in [0.717, 1.165) is 5.92 Å². The van der Waals surface area contributed by atoms with Crippen molar-refractivity contribution in [1.29, 1.82) is 0 Å². The third kappa shape index (κ3) is 0.847. The molecule has 0 aromatic rings. The van der Waals surface area contributed by atoms with Gasteiger partial charge in [-0.1, -0.05) is 0 Å². The second-order valence-corrected chi connectivity index (χ2v) is 5.91. The van der Waals surface area contributed by atoms with Gasteiger partial charge >= 0.3 is 76.8 Å². The molecule has 2 aliphatic carbocycles. The zero-order valence-corrected chi connectivity index (χ0v) is 9.32. The van der Waals surface area contributed by atoms with Crippen LogP contribution < -0.4 is 0 Å². The summed E-state index contributed by atoms with van der Waals surface area (Å²) in [7, 11) is 0. The zero-order valence-electron chi connectivity index (χ0n) is 7.61. The first-order valence-electron chi connectivity index (χ1n) is 4.52. The van der Waals surface area contributed by atoms with Gasteiger partial charge in [0.25, 0.3) is 0 Å². The molecule has 0 amide bonds. The predicted molar refractivity (Wildman–Crippen MR) is 50.0 cm³/mol. The number of rotatable bonds is 0. The van der Waals surface area contributed by atoms with Crippen LogP contribution in [0.25, 0.3) is 0 Å². The zero-order chi connectivity index (χ0) is 8.28. The number of hydrogen-bond donors (Lipinski definition) is 0. The molecule has 2 atom stereocenters. The molecule has 0 heterocycles. The van der Waals surface area contributed by atoms with Crippen molar-refractivity contribution < 1.29 is 0 Å². The van der Waals surface area contributed by atoms with E-state index in [1.807, 2.05) is 0 Å². The van der Waals surface area contributed by atoms with Crippen molar-refractivity contribution in [3.05, 3.63) is 0 Å². The van der Waals surface area contributed by atoms with E-state index in [-0.39, 0.29) is 0 Å². The molecule has 0 nitrogen and oxygen atoms in total. The Bertz CT molecular complexity index is 210. The molecule has 62 valence electrons. The van der Waals surface area contributed by atoms with Crippen LogP contribution in [0.1, 0.15) is 40.0 Å².